The van der Waals surface area contributed by atoms with Crippen LogP contribution in [0, 0.1) is 12.7 Å². The fraction of sp³-hybridized carbons (Fsp3) is 0.0417. The molecule has 0 amide bonds. The molecule has 3 aromatic carbocycles. The zero-order valence-electron chi connectivity index (χ0n) is 15.9. The summed E-state index contributed by atoms with van der Waals surface area (Å²) in [5.41, 5.74) is 1.12. The molecule has 2 aromatic heterocycles. The highest BCUT2D eigenvalue weighted by Gasteiger charge is 2.19. The summed E-state index contributed by atoms with van der Waals surface area (Å²) < 4.78 is 16.1. The lowest BCUT2D eigenvalue weighted by atomic mass is 10.1. The van der Waals surface area contributed by atoms with E-state index < -0.39 is 11.4 Å². The van der Waals surface area contributed by atoms with Gasteiger partial charge in [0.2, 0.25) is 5.43 Å². The van der Waals surface area contributed by atoms with Crippen molar-refractivity contribution in [1.82, 2.24) is 9.55 Å². The minimum atomic E-state index is -0.504. The van der Waals surface area contributed by atoms with E-state index in [1.807, 2.05) is 43.3 Å². The molecule has 0 aliphatic carbocycles. The highest BCUT2D eigenvalue weighted by molar-refractivity contribution is 7.24. The van der Waals surface area contributed by atoms with Gasteiger partial charge in [0.1, 0.15) is 21.9 Å². The van der Waals surface area contributed by atoms with Crippen molar-refractivity contribution in [1.29, 1.82) is 0 Å². The van der Waals surface area contributed by atoms with Crippen LogP contribution in [0.4, 0.5) is 4.39 Å². The summed E-state index contributed by atoms with van der Waals surface area (Å²) in [7, 11) is 0. The van der Waals surface area contributed by atoms with E-state index >= 15 is 0 Å². The van der Waals surface area contributed by atoms with Gasteiger partial charge in [0.05, 0.1) is 5.69 Å². The van der Waals surface area contributed by atoms with E-state index in [1.165, 1.54) is 34.1 Å². The Kier molecular flexibility index (Phi) is 4.29. The van der Waals surface area contributed by atoms with Crippen LogP contribution < -0.4 is 11.0 Å². The predicted octanol–water partition coefficient (Wildman–Crippen LogP) is 5.08. The summed E-state index contributed by atoms with van der Waals surface area (Å²) in [5, 5.41) is 0.489. The van der Waals surface area contributed by atoms with Crippen LogP contribution in [-0.4, -0.2) is 9.55 Å². The Labute approximate surface area is 174 Å². The fourth-order valence-electron chi connectivity index (χ4n) is 3.61. The summed E-state index contributed by atoms with van der Waals surface area (Å²) in [6.45, 7) is 1.92. The predicted molar refractivity (Wildman–Crippen MR) is 119 cm³/mol. The van der Waals surface area contributed by atoms with Crippen LogP contribution in [0.2, 0.25) is 0 Å². The number of nitrogens with zero attached hydrogens (tertiary/aromatic N) is 2. The lowest BCUT2D eigenvalue weighted by molar-refractivity contribution is 0.626. The van der Waals surface area contributed by atoms with E-state index in [4.69, 9.17) is 4.98 Å². The molecule has 0 saturated heterocycles. The van der Waals surface area contributed by atoms with Crippen molar-refractivity contribution in [3.8, 4) is 17.1 Å². The molecule has 5 rings (SSSR count). The van der Waals surface area contributed by atoms with Crippen LogP contribution in [-0.2, 0) is 0 Å². The molecule has 4 nitrogen and oxygen atoms in total. The number of aryl methyl sites for hydroxylation is 1. The lowest BCUT2D eigenvalue weighted by Gasteiger charge is -2.15. The largest absolute Gasteiger partial charge is 0.288 e. The topological polar surface area (TPSA) is 52.0 Å². The molecule has 0 bridgehead atoms. The van der Waals surface area contributed by atoms with Gasteiger partial charge in [0.15, 0.2) is 0 Å². The Morgan fingerprint density at radius 3 is 2.50 bits per heavy atom. The molecule has 0 aliphatic rings. The van der Waals surface area contributed by atoms with Gasteiger partial charge < -0.3 is 0 Å². The van der Waals surface area contributed by atoms with Crippen LogP contribution >= 0.6 is 11.3 Å². The summed E-state index contributed by atoms with van der Waals surface area (Å²) in [5.74, 6) is -0.0963. The van der Waals surface area contributed by atoms with Gasteiger partial charge in [-0.3, -0.25) is 14.2 Å². The number of fused-ring (bicyclic) bond motifs is 2. The minimum absolute atomic E-state index is 0.0142. The molecule has 0 spiro atoms. The average Bonchev–Trinajstić information content (AvgIpc) is 2.74. The fourth-order valence-corrected chi connectivity index (χ4v) is 4.65. The first kappa shape index (κ1) is 18.4. The molecule has 0 atom stereocenters. The first-order valence-electron chi connectivity index (χ1n) is 9.35. The van der Waals surface area contributed by atoms with Crippen molar-refractivity contribution >= 4 is 31.6 Å². The van der Waals surface area contributed by atoms with Crippen molar-refractivity contribution in [3.63, 3.8) is 0 Å². The number of halogens is 1. The molecule has 2 heterocycles. The molecule has 6 heteroatoms. The molecule has 0 unspecified atom stereocenters. The zero-order chi connectivity index (χ0) is 20.8. The van der Waals surface area contributed by atoms with Crippen molar-refractivity contribution in [2.45, 2.75) is 6.92 Å². The van der Waals surface area contributed by atoms with Crippen molar-refractivity contribution in [2.75, 3.05) is 0 Å². The van der Waals surface area contributed by atoms with Gasteiger partial charge in [-0.2, -0.15) is 0 Å². The number of benzene rings is 3. The molecule has 146 valence electrons. The standard InChI is InChI=1S/C24H15FN2O2S/c1-14-7-2-3-10-17(14)22-26-23-20(21(28)18-11-4-5-12-19(18)30-23)24(29)27(22)16-9-6-8-15(25)13-16/h2-13H,1H3. The van der Waals surface area contributed by atoms with Gasteiger partial charge in [-0.05, 0) is 42.8 Å². The Balaban J connectivity index is 2.00. The summed E-state index contributed by atoms with van der Waals surface area (Å²) in [6.07, 6.45) is 0. The van der Waals surface area contributed by atoms with Gasteiger partial charge in [-0.15, -0.1) is 11.3 Å². The number of hydrogen-bond donors (Lipinski definition) is 0. The maximum Gasteiger partial charge on any atom is 0.271 e. The van der Waals surface area contributed by atoms with Gasteiger partial charge in [0.25, 0.3) is 5.56 Å². The number of aromatic nitrogens is 2. The third kappa shape index (κ3) is 2.84. The van der Waals surface area contributed by atoms with Gasteiger partial charge in [-0.25, -0.2) is 9.37 Å². The van der Waals surface area contributed by atoms with Crippen molar-refractivity contribution < 1.29 is 4.39 Å². The summed E-state index contributed by atoms with van der Waals surface area (Å²) in [4.78, 5) is 31.9. The quantitative estimate of drug-likeness (QED) is 0.379. The molecule has 0 N–H and O–H groups in total. The molecular formula is C24H15FN2O2S. The van der Waals surface area contributed by atoms with Crippen LogP contribution in [0.15, 0.2) is 82.4 Å². The third-order valence-electron chi connectivity index (χ3n) is 5.07. The van der Waals surface area contributed by atoms with Crippen molar-refractivity contribution in [2.24, 2.45) is 0 Å². The third-order valence-corrected chi connectivity index (χ3v) is 6.13. The van der Waals surface area contributed by atoms with E-state index in [9.17, 15) is 14.0 Å². The van der Waals surface area contributed by atoms with E-state index in [1.54, 1.807) is 18.2 Å². The van der Waals surface area contributed by atoms with Gasteiger partial charge in [-0.1, -0.05) is 42.5 Å². The van der Waals surface area contributed by atoms with Crippen LogP contribution in [0.1, 0.15) is 5.56 Å². The second-order valence-electron chi connectivity index (χ2n) is 6.98. The Hall–Kier alpha value is -3.64. The Bertz CT molecular complexity index is 1570. The second-order valence-corrected chi connectivity index (χ2v) is 8.01. The van der Waals surface area contributed by atoms with E-state index in [-0.39, 0.29) is 10.8 Å². The molecule has 0 radical (unpaired) electrons. The van der Waals surface area contributed by atoms with Crippen LogP contribution in [0.5, 0.6) is 0 Å². The van der Waals surface area contributed by atoms with E-state index in [2.05, 4.69) is 0 Å². The maximum absolute atomic E-state index is 14.0. The number of rotatable bonds is 2. The number of hydrogen-bond acceptors (Lipinski definition) is 4. The Morgan fingerprint density at radius 1 is 0.933 bits per heavy atom. The Morgan fingerprint density at radius 2 is 1.70 bits per heavy atom. The molecule has 0 fully saturated rings. The SMILES string of the molecule is Cc1ccccc1-c1nc2sc3ccccc3c(=O)c2c(=O)n1-c1cccc(F)c1. The minimum Gasteiger partial charge on any atom is -0.288 e. The van der Waals surface area contributed by atoms with Crippen LogP contribution in [0.3, 0.4) is 0 Å². The summed E-state index contributed by atoms with van der Waals surface area (Å²) in [6, 6.07) is 20.4. The molecule has 30 heavy (non-hydrogen) atoms. The van der Waals surface area contributed by atoms with E-state index in [0.717, 1.165) is 15.8 Å². The van der Waals surface area contributed by atoms with E-state index in [0.29, 0.717) is 21.7 Å². The maximum atomic E-state index is 14.0. The zero-order valence-corrected chi connectivity index (χ0v) is 16.7. The lowest BCUT2D eigenvalue weighted by Crippen LogP contribution is -2.26. The second kappa shape index (κ2) is 7.00. The molecule has 5 aromatic rings. The molecule has 0 aliphatic heterocycles. The average molecular weight is 414 g/mol. The first-order chi connectivity index (χ1) is 14.5. The highest BCUT2D eigenvalue weighted by Crippen LogP contribution is 2.28. The molecular weight excluding hydrogens is 399 g/mol. The normalized spacial score (nSPS) is 11.3. The van der Waals surface area contributed by atoms with Crippen LogP contribution in [0.25, 0.3) is 37.4 Å². The highest BCUT2D eigenvalue weighted by atomic mass is 32.1. The summed E-state index contributed by atoms with van der Waals surface area (Å²) >= 11 is 1.30. The molecule has 0 saturated carbocycles. The van der Waals surface area contributed by atoms with Gasteiger partial charge in [0, 0.05) is 15.6 Å². The first-order valence-corrected chi connectivity index (χ1v) is 10.2. The van der Waals surface area contributed by atoms with Crippen molar-refractivity contribution in [3.05, 3.63) is 105 Å². The smallest absolute Gasteiger partial charge is 0.271 e. The van der Waals surface area contributed by atoms with Gasteiger partial charge >= 0.3 is 0 Å². The monoisotopic (exact) mass is 414 g/mol.